The Hall–Kier alpha value is -1.03. The van der Waals surface area contributed by atoms with E-state index >= 15 is 0 Å². The highest BCUT2D eigenvalue weighted by Gasteiger charge is 2.46. The first-order valence-electron chi connectivity index (χ1n) is 5.44. The van der Waals surface area contributed by atoms with Gasteiger partial charge in [0.1, 0.15) is 0 Å². The predicted octanol–water partition coefficient (Wildman–Crippen LogP) is 5.50. The zero-order valence-electron chi connectivity index (χ0n) is 9.93. The largest absolute Gasteiger partial charge is 0.600 e. The molecule has 0 amide bonds. The third-order valence-corrected chi connectivity index (χ3v) is 4.85. The Bertz CT molecular complexity index is 550. The van der Waals surface area contributed by atoms with E-state index in [9.17, 15) is 13.2 Å². The van der Waals surface area contributed by atoms with Crippen LogP contribution in [-0.2, 0) is 5.51 Å². The summed E-state index contributed by atoms with van der Waals surface area (Å²) in [4.78, 5) is 0.411. The van der Waals surface area contributed by atoms with Gasteiger partial charge in [0.05, 0.1) is 10.5 Å². The fourth-order valence-corrected chi connectivity index (χ4v) is 3.79. The molecule has 2 rings (SSSR count). The van der Waals surface area contributed by atoms with Crippen LogP contribution in [0.3, 0.4) is 0 Å². The molecule has 0 bridgehead atoms. The van der Waals surface area contributed by atoms with E-state index in [1.54, 1.807) is 25.1 Å². The Morgan fingerprint density at radius 2 is 1.76 bits per heavy atom. The van der Waals surface area contributed by atoms with Crippen LogP contribution in [0, 0.1) is 6.92 Å². The smallest absolute Gasteiger partial charge is 0.118 e. The van der Waals surface area contributed by atoms with E-state index in [4.69, 9.17) is 0 Å². The highest BCUT2D eigenvalue weighted by atomic mass is 32.2. The summed E-state index contributed by atoms with van der Waals surface area (Å²) in [5.74, 6) is 0.250. The molecule has 0 saturated heterocycles. The minimum atomic E-state index is -4.17. The van der Waals surface area contributed by atoms with Gasteiger partial charge >= 0.3 is 5.51 Å². The van der Waals surface area contributed by atoms with Crippen LogP contribution in [0.4, 0.5) is 13.2 Å². The first kappa shape index (κ1) is 12.4. The van der Waals surface area contributed by atoms with E-state index in [0.29, 0.717) is 15.0 Å². The summed E-state index contributed by atoms with van der Waals surface area (Å²) in [5.41, 5.74) is -3.20. The summed E-state index contributed by atoms with van der Waals surface area (Å²) in [6.07, 6.45) is 0. The molecule has 0 fully saturated rings. The van der Waals surface area contributed by atoms with Gasteiger partial charge in [0, 0.05) is 24.4 Å². The number of rotatable bonds is 1. The van der Waals surface area contributed by atoms with Gasteiger partial charge in [0.15, 0.2) is 9.58 Å². The topological polar surface area (TPSA) is 0 Å². The van der Waals surface area contributed by atoms with Crippen molar-refractivity contribution < 1.29 is 13.2 Å². The molecule has 17 heavy (non-hydrogen) atoms. The second kappa shape index (κ2) is 4.02. The minimum absolute atomic E-state index is 0.250. The molecule has 0 nitrogen and oxygen atoms in total. The molecular formula is C13H14F3S+. The van der Waals surface area contributed by atoms with E-state index in [-0.39, 0.29) is 5.92 Å². The quantitative estimate of drug-likeness (QED) is 0.593. The molecule has 0 aliphatic heterocycles. The average molecular weight is 259 g/mol. The zero-order chi connectivity index (χ0) is 12.8. The van der Waals surface area contributed by atoms with Crippen molar-refractivity contribution in [1.29, 1.82) is 0 Å². The van der Waals surface area contributed by atoms with Gasteiger partial charge in [-0.1, -0.05) is 19.9 Å². The maximum absolute atomic E-state index is 13.0. The van der Waals surface area contributed by atoms with Gasteiger partial charge in [-0.2, -0.15) is 0 Å². The van der Waals surface area contributed by atoms with E-state index in [0.717, 1.165) is 5.56 Å². The number of aryl methyl sites for hydroxylation is 1. The third-order valence-electron chi connectivity index (χ3n) is 2.84. The van der Waals surface area contributed by atoms with Crippen molar-refractivity contribution in [2.24, 2.45) is 0 Å². The average Bonchev–Trinajstić information content (AvgIpc) is 2.51. The lowest BCUT2D eigenvalue weighted by Crippen LogP contribution is -1.96. The SMILES string of the molecule is Cc1cc2ccc(C(C)C)cc2[s+]1C(F)(F)F. The number of alkyl halides is 3. The molecule has 1 aromatic heterocycles. The lowest BCUT2D eigenvalue weighted by atomic mass is 10.0. The fraction of sp³-hybridized carbons (Fsp3) is 0.385. The molecule has 2 aromatic rings. The molecule has 0 saturated carbocycles. The Balaban J connectivity index is 2.74. The first-order valence-corrected chi connectivity index (χ1v) is 6.66. The van der Waals surface area contributed by atoms with Crippen molar-refractivity contribution in [3.8, 4) is 0 Å². The number of hydrogen-bond donors (Lipinski definition) is 0. The molecule has 0 spiro atoms. The van der Waals surface area contributed by atoms with Crippen LogP contribution in [0.1, 0.15) is 30.2 Å². The molecular weight excluding hydrogens is 245 g/mol. The van der Waals surface area contributed by atoms with Crippen LogP contribution in [0.15, 0.2) is 24.3 Å². The zero-order valence-corrected chi connectivity index (χ0v) is 10.7. The van der Waals surface area contributed by atoms with Crippen LogP contribution in [-0.4, -0.2) is 0 Å². The van der Waals surface area contributed by atoms with Crippen LogP contribution in [0.2, 0.25) is 0 Å². The second-order valence-electron chi connectivity index (χ2n) is 4.46. The maximum Gasteiger partial charge on any atom is 0.600 e. The molecule has 0 aliphatic rings. The van der Waals surface area contributed by atoms with Crippen LogP contribution in [0.25, 0.3) is 10.1 Å². The predicted molar refractivity (Wildman–Crippen MR) is 66.6 cm³/mol. The minimum Gasteiger partial charge on any atom is -0.118 e. The van der Waals surface area contributed by atoms with Crippen LogP contribution < -0.4 is 0 Å². The number of benzene rings is 1. The van der Waals surface area contributed by atoms with Gasteiger partial charge in [0.25, 0.3) is 0 Å². The summed E-state index contributed by atoms with van der Waals surface area (Å²) in [6, 6.07) is 7.07. The molecule has 0 aliphatic carbocycles. The Morgan fingerprint density at radius 3 is 2.29 bits per heavy atom. The van der Waals surface area contributed by atoms with Crippen molar-refractivity contribution >= 4 is 20.6 Å². The van der Waals surface area contributed by atoms with E-state index in [2.05, 4.69) is 0 Å². The lowest BCUT2D eigenvalue weighted by molar-refractivity contribution is -0.0867. The lowest BCUT2D eigenvalue weighted by Gasteiger charge is -2.04. The van der Waals surface area contributed by atoms with Gasteiger partial charge in [-0.05, 0) is 17.5 Å². The number of halogens is 3. The highest BCUT2D eigenvalue weighted by Crippen LogP contribution is 2.50. The Labute approximate surface area is 101 Å². The van der Waals surface area contributed by atoms with Gasteiger partial charge in [-0.15, -0.1) is 13.2 Å². The Morgan fingerprint density at radius 1 is 1.12 bits per heavy atom. The molecule has 0 radical (unpaired) electrons. The number of hydrogen-bond acceptors (Lipinski definition) is 0. The van der Waals surface area contributed by atoms with Crippen molar-refractivity contribution in [3.63, 3.8) is 0 Å². The normalized spacial score (nSPS) is 13.7. The molecule has 1 atom stereocenters. The second-order valence-corrected chi connectivity index (χ2v) is 6.62. The summed E-state index contributed by atoms with van der Waals surface area (Å²) in [6.45, 7) is 5.54. The fourth-order valence-electron chi connectivity index (χ4n) is 1.96. The number of thiophene rings is 1. The highest BCUT2D eigenvalue weighted by molar-refractivity contribution is 7.38. The van der Waals surface area contributed by atoms with Gasteiger partial charge in [-0.25, -0.2) is 0 Å². The van der Waals surface area contributed by atoms with Gasteiger partial charge in [0.2, 0.25) is 0 Å². The van der Waals surface area contributed by atoms with E-state index in [1.165, 1.54) is 0 Å². The molecule has 4 heteroatoms. The van der Waals surface area contributed by atoms with E-state index in [1.807, 2.05) is 19.9 Å². The molecule has 1 aromatic carbocycles. The van der Waals surface area contributed by atoms with Crippen molar-refractivity contribution in [1.82, 2.24) is 0 Å². The van der Waals surface area contributed by atoms with Crippen molar-refractivity contribution in [2.75, 3.05) is 0 Å². The third kappa shape index (κ3) is 2.18. The van der Waals surface area contributed by atoms with Gasteiger partial charge in [-0.3, -0.25) is 0 Å². The van der Waals surface area contributed by atoms with Gasteiger partial charge < -0.3 is 0 Å². The maximum atomic E-state index is 13.0. The monoisotopic (exact) mass is 259 g/mol. The summed E-state index contributed by atoms with van der Waals surface area (Å²) in [5, 5.41) is 0.715. The summed E-state index contributed by atoms with van der Waals surface area (Å²) < 4.78 is 39.4. The summed E-state index contributed by atoms with van der Waals surface area (Å²) >= 11 is 0. The Kier molecular flexibility index (Phi) is 2.94. The molecule has 1 unspecified atom stereocenters. The van der Waals surface area contributed by atoms with Crippen LogP contribution in [0.5, 0.6) is 0 Å². The molecule has 92 valence electrons. The van der Waals surface area contributed by atoms with E-state index < -0.39 is 16.0 Å². The first-order chi connectivity index (χ1) is 7.80. The van der Waals surface area contributed by atoms with Crippen molar-refractivity contribution in [3.05, 3.63) is 34.7 Å². The van der Waals surface area contributed by atoms with Crippen molar-refractivity contribution in [2.45, 2.75) is 32.2 Å². The van der Waals surface area contributed by atoms with Crippen LogP contribution >= 0.6 is 10.5 Å². The summed E-state index contributed by atoms with van der Waals surface area (Å²) in [7, 11) is -1.73. The standard InChI is InChI=1S/C13H14F3S/c1-8(2)10-4-5-11-6-9(3)17(12(11)7-10)13(14,15)16/h4-8H,1-3H3/q+1. The molecule has 1 heterocycles. The number of fused-ring (bicyclic) bond motifs is 1. The molecule has 0 N–H and O–H groups in total.